The fraction of sp³-hybridized carbons (Fsp3) is 0. The van der Waals surface area contributed by atoms with Gasteiger partial charge in [-0.15, -0.1) is 0 Å². The molecule has 1 aromatic carbocycles. The fourth-order valence-corrected chi connectivity index (χ4v) is 0.869. The molecule has 1 rings (SSSR count). The molecule has 0 atom stereocenters. The SMILES string of the molecule is F[B-](F)(F)F.[IH+]c1ccccc1. The van der Waals surface area contributed by atoms with E-state index >= 15 is 0 Å². The third kappa shape index (κ3) is 12.4. The zero-order chi connectivity index (χ0) is 9.61. The van der Waals surface area contributed by atoms with Crippen molar-refractivity contribution >= 4 is 7.25 Å². The molecule has 1 aromatic rings. The highest BCUT2D eigenvalue weighted by Gasteiger charge is 2.20. The molecule has 0 fully saturated rings. The normalized spacial score (nSPS) is 10.1. The number of halogens is 5. The van der Waals surface area contributed by atoms with Crippen molar-refractivity contribution in [2.24, 2.45) is 0 Å². The third-order valence-electron chi connectivity index (χ3n) is 0.743. The Labute approximate surface area is 81.2 Å². The van der Waals surface area contributed by atoms with E-state index in [0.29, 0.717) is 0 Å². The molecule has 68 valence electrons. The van der Waals surface area contributed by atoms with Crippen LogP contribution in [0.3, 0.4) is 0 Å². The van der Waals surface area contributed by atoms with E-state index in [-0.39, 0.29) is 0 Å². The summed E-state index contributed by atoms with van der Waals surface area (Å²) in [7, 11) is -6.00. The van der Waals surface area contributed by atoms with Gasteiger partial charge < -0.3 is 17.3 Å². The maximum atomic E-state index is 9.75. The second kappa shape index (κ2) is 5.39. The van der Waals surface area contributed by atoms with E-state index in [1.165, 1.54) is 3.57 Å². The second-order valence-electron chi connectivity index (χ2n) is 1.81. The highest BCUT2D eigenvalue weighted by molar-refractivity contribution is 6.50. The van der Waals surface area contributed by atoms with Gasteiger partial charge in [-0.2, -0.15) is 0 Å². The van der Waals surface area contributed by atoms with Crippen LogP contribution >= 0.6 is 0 Å². The number of hydrogen-bond donors (Lipinski definition) is 0. The van der Waals surface area contributed by atoms with Gasteiger partial charge >= 0.3 is 7.25 Å². The van der Waals surface area contributed by atoms with Crippen LogP contribution in [0.2, 0.25) is 0 Å². The Kier molecular flexibility index (Phi) is 5.27. The van der Waals surface area contributed by atoms with E-state index in [0.717, 1.165) is 0 Å². The first kappa shape index (κ1) is 11.7. The van der Waals surface area contributed by atoms with Crippen molar-refractivity contribution in [2.75, 3.05) is 0 Å². The summed E-state index contributed by atoms with van der Waals surface area (Å²) < 4.78 is 40.3. The minimum atomic E-state index is -6.00. The minimum absolute atomic E-state index is 1.33. The van der Waals surface area contributed by atoms with Crippen molar-refractivity contribution < 1.29 is 39.9 Å². The zero-order valence-corrected chi connectivity index (χ0v) is 8.21. The van der Waals surface area contributed by atoms with Crippen LogP contribution < -0.4 is 22.6 Å². The lowest BCUT2D eigenvalue weighted by Crippen LogP contribution is -3.34. The molecule has 0 unspecified atom stereocenters. The predicted octanol–water partition coefficient (Wildman–Crippen LogP) is -0.558. The Morgan fingerprint density at radius 1 is 0.917 bits per heavy atom. The average Bonchev–Trinajstić information content (AvgIpc) is 1.85. The quantitative estimate of drug-likeness (QED) is 0.342. The molecular formula is C6H6BF4I. The maximum absolute atomic E-state index is 9.75. The van der Waals surface area contributed by atoms with Crippen LogP contribution in [-0.2, 0) is 0 Å². The van der Waals surface area contributed by atoms with Crippen LogP contribution in [0.1, 0.15) is 0 Å². The van der Waals surface area contributed by atoms with Crippen LogP contribution in [0.4, 0.5) is 17.3 Å². The first-order valence-electron chi connectivity index (χ1n) is 2.99. The summed E-state index contributed by atoms with van der Waals surface area (Å²) in [5, 5.41) is 0. The molecule has 0 heterocycles. The predicted molar refractivity (Wildman–Crippen MR) is 36.7 cm³/mol. The molecule has 0 N–H and O–H groups in total. The van der Waals surface area contributed by atoms with Crippen molar-refractivity contribution in [1.82, 2.24) is 0 Å². The van der Waals surface area contributed by atoms with Crippen molar-refractivity contribution in [3.05, 3.63) is 33.9 Å². The number of rotatable bonds is 0. The molecule has 0 bridgehead atoms. The lowest BCUT2D eigenvalue weighted by Gasteiger charge is -1.94. The second-order valence-corrected chi connectivity index (χ2v) is 3.15. The van der Waals surface area contributed by atoms with Crippen LogP contribution in [-0.4, -0.2) is 7.25 Å². The third-order valence-corrected chi connectivity index (χ3v) is 1.52. The van der Waals surface area contributed by atoms with Gasteiger partial charge in [0, 0.05) is 0 Å². The molecule has 0 amide bonds. The van der Waals surface area contributed by atoms with E-state index in [9.17, 15) is 17.3 Å². The smallest absolute Gasteiger partial charge is 0.418 e. The number of benzene rings is 1. The Hall–Kier alpha value is -0.265. The van der Waals surface area contributed by atoms with Gasteiger partial charge in [-0.25, -0.2) is 0 Å². The summed E-state index contributed by atoms with van der Waals surface area (Å²) >= 11 is 2.02. The summed E-state index contributed by atoms with van der Waals surface area (Å²) in [4.78, 5) is 0. The maximum Gasteiger partial charge on any atom is 0.673 e. The average molecular weight is 292 g/mol. The molecule has 0 aromatic heterocycles. The Bertz CT molecular complexity index is 205. The molecule has 0 saturated carbocycles. The molecule has 0 aliphatic rings. The van der Waals surface area contributed by atoms with Gasteiger partial charge in [-0.3, -0.25) is 0 Å². The molecule has 6 heteroatoms. The van der Waals surface area contributed by atoms with Gasteiger partial charge in [0.25, 0.3) is 22.6 Å². The Morgan fingerprint density at radius 2 is 1.25 bits per heavy atom. The summed E-state index contributed by atoms with van der Waals surface area (Å²) in [6.45, 7) is 0. The first-order chi connectivity index (χ1) is 5.39. The Balaban J connectivity index is 0.000000217. The van der Waals surface area contributed by atoms with E-state index < -0.39 is 7.25 Å². The highest BCUT2D eigenvalue weighted by atomic mass is 127. The monoisotopic (exact) mass is 292 g/mol. The molecular weight excluding hydrogens is 286 g/mol. The lowest BCUT2D eigenvalue weighted by molar-refractivity contribution is -0.328. The van der Waals surface area contributed by atoms with Crippen LogP contribution in [0.15, 0.2) is 30.3 Å². The van der Waals surface area contributed by atoms with Crippen LogP contribution in [0.25, 0.3) is 0 Å². The van der Waals surface area contributed by atoms with E-state index in [1.807, 2.05) is 40.8 Å². The van der Waals surface area contributed by atoms with Gasteiger partial charge in [0.2, 0.25) is 0 Å². The van der Waals surface area contributed by atoms with Crippen molar-refractivity contribution in [3.8, 4) is 0 Å². The van der Waals surface area contributed by atoms with Gasteiger partial charge in [0.1, 0.15) is 0 Å². The molecule has 0 saturated heterocycles. The van der Waals surface area contributed by atoms with Gasteiger partial charge in [-0.1, -0.05) is 18.2 Å². The summed E-state index contributed by atoms with van der Waals surface area (Å²) in [5.74, 6) is 0. The standard InChI is InChI=1S/C6H6I.BF4/c7-6-4-2-1-3-5-6;2-1(3,4)5/h1-5,7H;/q+1;-1. The molecule has 0 radical (unpaired) electrons. The van der Waals surface area contributed by atoms with Crippen molar-refractivity contribution in [3.63, 3.8) is 0 Å². The summed E-state index contributed by atoms with van der Waals surface area (Å²) in [5.41, 5.74) is 0. The van der Waals surface area contributed by atoms with Crippen molar-refractivity contribution in [1.29, 1.82) is 0 Å². The largest absolute Gasteiger partial charge is 0.673 e. The Morgan fingerprint density at radius 3 is 1.42 bits per heavy atom. The summed E-state index contributed by atoms with van der Waals surface area (Å²) in [6.07, 6.45) is 0. The lowest BCUT2D eigenvalue weighted by atomic mass is 10.3. The topological polar surface area (TPSA) is 0 Å². The highest BCUT2D eigenvalue weighted by Crippen LogP contribution is 2.06. The fourth-order valence-electron chi connectivity index (χ4n) is 0.420. The van der Waals surface area contributed by atoms with Gasteiger partial charge in [-0.05, 0) is 12.1 Å². The molecule has 0 nitrogen and oxygen atoms in total. The molecule has 0 aliphatic carbocycles. The zero-order valence-electron chi connectivity index (χ0n) is 5.88. The van der Waals surface area contributed by atoms with E-state index in [2.05, 4.69) is 12.1 Å². The molecule has 0 aliphatic heterocycles. The number of hydrogen-bond acceptors (Lipinski definition) is 0. The van der Waals surface area contributed by atoms with Crippen LogP contribution in [0.5, 0.6) is 0 Å². The molecule has 0 spiro atoms. The first-order valence-corrected chi connectivity index (χ1v) is 4.15. The molecule has 12 heavy (non-hydrogen) atoms. The van der Waals surface area contributed by atoms with E-state index in [1.54, 1.807) is 0 Å². The minimum Gasteiger partial charge on any atom is -0.418 e. The van der Waals surface area contributed by atoms with Crippen molar-refractivity contribution in [2.45, 2.75) is 0 Å². The van der Waals surface area contributed by atoms with E-state index in [4.69, 9.17) is 0 Å². The van der Waals surface area contributed by atoms with Gasteiger partial charge in [0.15, 0.2) is 3.57 Å². The van der Waals surface area contributed by atoms with Crippen LogP contribution in [0, 0.1) is 3.57 Å². The summed E-state index contributed by atoms with van der Waals surface area (Å²) in [6, 6.07) is 10.3. The van der Waals surface area contributed by atoms with Gasteiger partial charge in [0.05, 0.1) is 0 Å².